The highest BCUT2D eigenvalue weighted by Gasteiger charge is 2.72. The summed E-state index contributed by atoms with van der Waals surface area (Å²) in [6.45, 7) is 16.4. The Kier molecular flexibility index (Phi) is 5.42. The van der Waals surface area contributed by atoms with E-state index in [1.165, 1.54) is 0 Å². The smallest absolute Gasteiger partial charge is 0.137 e. The van der Waals surface area contributed by atoms with Gasteiger partial charge in [-0.15, -0.1) is 0 Å². The topological polar surface area (TPSA) is 77.8 Å². The number of hydrogen-bond donors (Lipinski definition) is 3. The number of ketones is 1. The average Bonchev–Trinajstić information content (AvgIpc) is 2.73. The summed E-state index contributed by atoms with van der Waals surface area (Å²) in [5, 5.41) is 32.5. The predicted octanol–water partition coefficient (Wildman–Crippen LogP) is 5.37. The number of rotatable bonds is 1. The van der Waals surface area contributed by atoms with Crippen LogP contribution in [0.25, 0.3) is 0 Å². The second kappa shape index (κ2) is 7.32. The molecule has 5 saturated carbocycles. The first-order valence-corrected chi connectivity index (χ1v) is 14.1. The van der Waals surface area contributed by atoms with Gasteiger partial charge in [-0.05, 0) is 102 Å². The van der Waals surface area contributed by atoms with Gasteiger partial charge < -0.3 is 15.3 Å². The second-order valence-electron chi connectivity index (χ2n) is 15.7. The molecule has 34 heavy (non-hydrogen) atoms. The zero-order chi connectivity index (χ0) is 25.1. The number of carbonyl (C=O) groups is 1. The monoisotopic (exact) mass is 474 g/mol. The van der Waals surface area contributed by atoms with Gasteiger partial charge in [0, 0.05) is 18.9 Å². The van der Waals surface area contributed by atoms with Crippen LogP contribution in [0.5, 0.6) is 0 Å². The Bertz CT molecular complexity index is 864. The van der Waals surface area contributed by atoms with Gasteiger partial charge in [-0.1, -0.05) is 48.5 Å². The van der Waals surface area contributed by atoms with Crippen LogP contribution in [0.4, 0.5) is 0 Å². The summed E-state index contributed by atoms with van der Waals surface area (Å²) in [6, 6.07) is 0. The van der Waals surface area contributed by atoms with E-state index in [-0.39, 0.29) is 56.9 Å². The van der Waals surface area contributed by atoms with Crippen molar-refractivity contribution in [2.45, 2.75) is 118 Å². The van der Waals surface area contributed by atoms with E-state index in [0.717, 1.165) is 44.9 Å². The van der Waals surface area contributed by atoms with Crippen LogP contribution < -0.4 is 0 Å². The highest BCUT2D eigenvalue weighted by atomic mass is 16.3. The zero-order valence-electron chi connectivity index (χ0n) is 22.8. The van der Waals surface area contributed by atoms with Crippen LogP contribution in [0.1, 0.15) is 106 Å². The van der Waals surface area contributed by atoms with Gasteiger partial charge in [0.05, 0.1) is 12.2 Å². The van der Waals surface area contributed by atoms with Crippen LogP contribution in [0.2, 0.25) is 0 Å². The molecule has 0 spiro atoms. The molecule has 0 radical (unpaired) electrons. The van der Waals surface area contributed by atoms with Crippen molar-refractivity contribution in [1.82, 2.24) is 0 Å². The molecule has 10 atom stereocenters. The molecule has 4 nitrogen and oxygen atoms in total. The molecule has 194 valence electrons. The lowest BCUT2D eigenvalue weighted by molar-refractivity contribution is -0.261. The van der Waals surface area contributed by atoms with Crippen molar-refractivity contribution in [2.75, 3.05) is 6.61 Å². The van der Waals surface area contributed by atoms with Crippen LogP contribution in [-0.2, 0) is 4.79 Å². The molecule has 0 bridgehead atoms. The molecule has 0 aromatic heterocycles. The van der Waals surface area contributed by atoms with Gasteiger partial charge in [-0.2, -0.15) is 0 Å². The highest BCUT2D eigenvalue weighted by Crippen LogP contribution is 2.76. The maximum atomic E-state index is 14.3. The molecular formula is C30H50O4. The van der Waals surface area contributed by atoms with E-state index in [0.29, 0.717) is 24.5 Å². The normalized spacial score (nSPS) is 56.0. The fraction of sp³-hybridized carbons (Fsp3) is 0.967. The van der Waals surface area contributed by atoms with Gasteiger partial charge in [0.25, 0.3) is 0 Å². The Hall–Kier alpha value is -0.450. The van der Waals surface area contributed by atoms with Gasteiger partial charge in [-0.25, -0.2) is 0 Å². The minimum Gasteiger partial charge on any atom is -0.396 e. The molecule has 0 aromatic carbocycles. The van der Waals surface area contributed by atoms with Gasteiger partial charge >= 0.3 is 0 Å². The third-order valence-electron chi connectivity index (χ3n) is 13.4. The fourth-order valence-electron chi connectivity index (χ4n) is 11.2. The van der Waals surface area contributed by atoms with Crippen molar-refractivity contribution < 1.29 is 20.1 Å². The third kappa shape index (κ3) is 2.97. The summed E-state index contributed by atoms with van der Waals surface area (Å²) in [6.07, 6.45) is 7.16. The van der Waals surface area contributed by atoms with Crippen LogP contribution in [0.3, 0.4) is 0 Å². The number of aliphatic hydroxyl groups excluding tert-OH is 3. The molecule has 0 aliphatic heterocycles. The molecule has 4 unspecified atom stereocenters. The lowest BCUT2D eigenvalue weighted by atomic mass is 9.31. The summed E-state index contributed by atoms with van der Waals surface area (Å²) in [5.74, 6) is 1.25. The van der Waals surface area contributed by atoms with Crippen molar-refractivity contribution >= 4 is 5.78 Å². The van der Waals surface area contributed by atoms with Gasteiger partial charge in [-0.3, -0.25) is 4.79 Å². The Morgan fingerprint density at radius 2 is 1.47 bits per heavy atom. The van der Waals surface area contributed by atoms with Crippen molar-refractivity contribution in [1.29, 1.82) is 0 Å². The Balaban J connectivity index is 1.59. The summed E-state index contributed by atoms with van der Waals surface area (Å²) in [7, 11) is 0. The first kappa shape index (κ1) is 25.2. The second-order valence-corrected chi connectivity index (χ2v) is 15.7. The maximum Gasteiger partial charge on any atom is 0.137 e. The van der Waals surface area contributed by atoms with Gasteiger partial charge in [0.15, 0.2) is 0 Å². The minimum atomic E-state index is -0.730. The Morgan fingerprint density at radius 3 is 2.12 bits per heavy atom. The number of Topliss-reactive ketones (excluding diaryl/α,β-unsaturated/α-hetero) is 1. The average molecular weight is 475 g/mol. The number of fused-ring (bicyclic) bond motifs is 7. The molecule has 0 amide bonds. The van der Waals surface area contributed by atoms with Crippen LogP contribution in [-0.4, -0.2) is 39.9 Å². The molecule has 5 aliphatic carbocycles. The fourth-order valence-corrected chi connectivity index (χ4v) is 11.2. The molecule has 4 heteroatoms. The van der Waals surface area contributed by atoms with Crippen molar-refractivity contribution in [3.8, 4) is 0 Å². The summed E-state index contributed by atoms with van der Waals surface area (Å²) < 4.78 is 0. The van der Waals surface area contributed by atoms with Crippen LogP contribution >= 0.6 is 0 Å². The summed E-state index contributed by atoms with van der Waals surface area (Å²) in [4.78, 5) is 14.3. The first-order chi connectivity index (χ1) is 15.6. The highest BCUT2D eigenvalue weighted by molar-refractivity contribution is 5.84. The SMILES string of the molecule is CC1(C)CC[C@]2(CO)CC[C@]3(C)C(C(=O)CC4[C@@]5(C)C[C@@H](O)[C@H](O)C(C)(C)C5CC[C@]43C)C2C1. The Morgan fingerprint density at radius 1 is 0.824 bits per heavy atom. The molecule has 3 N–H and O–H groups in total. The summed E-state index contributed by atoms with van der Waals surface area (Å²) >= 11 is 0. The predicted molar refractivity (Wildman–Crippen MR) is 134 cm³/mol. The van der Waals surface area contributed by atoms with E-state index in [1.54, 1.807) is 0 Å². The summed E-state index contributed by atoms with van der Waals surface area (Å²) in [5.41, 5.74) is -0.443. The third-order valence-corrected chi connectivity index (χ3v) is 13.4. The standard InChI is InChI=1S/C30H50O4/c1-25(2)10-12-30(17-31)13-11-29(7)23(18(30)15-25)19(32)14-22-27(5)16-20(33)24(34)26(3,4)21(27)8-9-28(22,29)6/h18,20-24,31,33-34H,8-17H2,1-7H3/t18?,20-,21?,22?,23?,24+,27+,28-,29-,30-/m1/s1. The number of aliphatic hydroxyl groups is 3. The first-order valence-electron chi connectivity index (χ1n) is 14.1. The largest absolute Gasteiger partial charge is 0.396 e. The van der Waals surface area contributed by atoms with E-state index in [4.69, 9.17) is 0 Å². The van der Waals surface area contributed by atoms with Crippen LogP contribution in [0, 0.1) is 56.2 Å². The lowest BCUT2D eigenvalue weighted by Crippen LogP contribution is -2.70. The number of carbonyl (C=O) groups excluding carboxylic acids is 1. The van der Waals surface area contributed by atoms with E-state index in [9.17, 15) is 20.1 Å². The van der Waals surface area contributed by atoms with Crippen molar-refractivity contribution in [3.05, 3.63) is 0 Å². The molecule has 5 fully saturated rings. The van der Waals surface area contributed by atoms with E-state index >= 15 is 0 Å². The zero-order valence-corrected chi connectivity index (χ0v) is 22.8. The molecule has 5 aliphatic rings. The molecule has 0 heterocycles. The molecule has 5 rings (SSSR count). The van der Waals surface area contributed by atoms with Crippen molar-refractivity contribution in [3.63, 3.8) is 0 Å². The molecular weight excluding hydrogens is 424 g/mol. The van der Waals surface area contributed by atoms with E-state index in [2.05, 4.69) is 48.5 Å². The minimum absolute atomic E-state index is 0.0259. The van der Waals surface area contributed by atoms with Crippen LogP contribution in [0.15, 0.2) is 0 Å². The van der Waals surface area contributed by atoms with Crippen molar-refractivity contribution in [2.24, 2.45) is 56.2 Å². The Labute approximate surface area is 207 Å². The molecule has 0 aromatic rings. The number of hydrogen-bond acceptors (Lipinski definition) is 4. The van der Waals surface area contributed by atoms with E-state index in [1.807, 2.05) is 0 Å². The van der Waals surface area contributed by atoms with Gasteiger partial charge in [0.2, 0.25) is 0 Å². The maximum absolute atomic E-state index is 14.3. The quantitative estimate of drug-likeness (QED) is 0.477. The van der Waals surface area contributed by atoms with E-state index < -0.39 is 12.2 Å². The molecule has 0 saturated heterocycles. The van der Waals surface area contributed by atoms with Gasteiger partial charge in [0.1, 0.15) is 5.78 Å². The lowest BCUT2D eigenvalue weighted by Gasteiger charge is -2.73.